The van der Waals surface area contributed by atoms with E-state index in [4.69, 9.17) is 0 Å². The van der Waals surface area contributed by atoms with E-state index in [1.807, 2.05) is 61.5 Å². The van der Waals surface area contributed by atoms with Gasteiger partial charge >= 0.3 is 0 Å². The summed E-state index contributed by atoms with van der Waals surface area (Å²) < 4.78 is 0. The summed E-state index contributed by atoms with van der Waals surface area (Å²) in [7, 11) is 0. The van der Waals surface area contributed by atoms with Gasteiger partial charge in [-0.05, 0) is 37.5 Å². The first-order valence-corrected chi connectivity index (χ1v) is 6.90. The Hall–Kier alpha value is -2.35. The lowest BCUT2D eigenvalue weighted by Gasteiger charge is -2.20. The Morgan fingerprint density at radius 3 is 2.45 bits per heavy atom. The molecule has 0 unspecified atom stereocenters. The summed E-state index contributed by atoms with van der Waals surface area (Å²) in [5.74, 6) is 0.160. The first kappa shape index (κ1) is 12.7. The van der Waals surface area contributed by atoms with Crippen molar-refractivity contribution in [2.45, 2.75) is 19.8 Å². The van der Waals surface area contributed by atoms with Crippen LogP contribution < -0.4 is 5.32 Å². The summed E-state index contributed by atoms with van der Waals surface area (Å²) in [6.07, 6.45) is 1.74. The number of fused-ring (bicyclic) bond motifs is 1. The lowest BCUT2D eigenvalue weighted by molar-refractivity contribution is 0.102. The highest BCUT2D eigenvalue weighted by Crippen LogP contribution is 2.27. The predicted molar refractivity (Wildman–Crippen MR) is 81.9 cm³/mol. The number of rotatable bonds is 2. The lowest BCUT2D eigenvalue weighted by Crippen LogP contribution is -2.17. The van der Waals surface area contributed by atoms with Gasteiger partial charge in [0.2, 0.25) is 0 Å². The van der Waals surface area contributed by atoms with Gasteiger partial charge < -0.3 is 5.32 Å². The van der Waals surface area contributed by atoms with E-state index in [-0.39, 0.29) is 5.78 Å². The minimum absolute atomic E-state index is 0.160. The molecule has 2 aromatic carbocycles. The molecule has 2 heteroatoms. The zero-order valence-electron chi connectivity index (χ0n) is 11.5. The number of Topliss-reactive ketones (excluding diaryl/α,β-unsaturated/α-hetero) is 1. The number of carbonyl (C=O) groups is 1. The monoisotopic (exact) mass is 263 g/mol. The SMILES string of the molecule is C/C(Nc1ccccc1)=C1/CCc2ccccc2C1=O. The Morgan fingerprint density at radius 2 is 1.65 bits per heavy atom. The molecule has 0 spiro atoms. The highest BCUT2D eigenvalue weighted by atomic mass is 16.1. The number of para-hydroxylation sites is 1. The van der Waals surface area contributed by atoms with Gasteiger partial charge in [-0.15, -0.1) is 0 Å². The van der Waals surface area contributed by atoms with Crippen molar-refractivity contribution in [1.82, 2.24) is 0 Å². The van der Waals surface area contributed by atoms with Crippen molar-refractivity contribution in [1.29, 1.82) is 0 Å². The fourth-order valence-electron chi connectivity index (χ4n) is 2.67. The lowest BCUT2D eigenvalue weighted by atomic mass is 9.86. The maximum Gasteiger partial charge on any atom is 0.191 e. The van der Waals surface area contributed by atoms with Crippen LogP contribution in [0.15, 0.2) is 65.9 Å². The molecule has 0 bridgehead atoms. The van der Waals surface area contributed by atoms with Gasteiger partial charge in [0.05, 0.1) is 0 Å². The Labute approximate surface area is 119 Å². The van der Waals surface area contributed by atoms with E-state index < -0.39 is 0 Å². The molecule has 2 aromatic rings. The summed E-state index contributed by atoms with van der Waals surface area (Å²) in [6.45, 7) is 1.98. The first-order valence-electron chi connectivity index (χ1n) is 6.90. The quantitative estimate of drug-likeness (QED) is 0.823. The molecule has 1 N–H and O–H groups in total. The zero-order chi connectivity index (χ0) is 13.9. The van der Waals surface area contributed by atoms with E-state index in [1.165, 1.54) is 0 Å². The van der Waals surface area contributed by atoms with Gasteiger partial charge in [0.25, 0.3) is 0 Å². The zero-order valence-corrected chi connectivity index (χ0v) is 11.5. The van der Waals surface area contributed by atoms with Crippen molar-refractivity contribution < 1.29 is 4.79 Å². The predicted octanol–water partition coefficient (Wildman–Crippen LogP) is 4.20. The Bertz CT molecular complexity index is 671. The van der Waals surface area contributed by atoms with Crippen LogP contribution in [0, 0.1) is 0 Å². The van der Waals surface area contributed by atoms with Crippen LogP contribution in [0.5, 0.6) is 0 Å². The number of carbonyl (C=O) groups excluding carboxylic acids is 1. The molecule has 1 aliphatic carbocycles. The second kappa shape index (κ2) is 5.33. The van der Waals surface area contributed by atoms with Crippen molar-refractivity contribution in [3.8, 4) is 0 Å². The maximum atomic E-state index is 12.6. The number of anilines is 1. The molecule has 0 aliphatic heterocycles. The molecule has 0 amide bonds. The maximum absolute atomic E-state index is 12.6. The molecule has 0 saturated carbocycles. The average Bonchev–Trinajstić information content (AvgIpc) is 2.49. The third-order valence-electron chi connectivity index (χ3n) is 3.74. The van der Waals surface area contributed by atoms with E-state index in [1.54, 1.807) is 0 Å². The Morgan fingerprint density at radius 1 is 0.950 bits per heavy atom. The van der Waals surface area contributed by atoms with Crippen LogP contribution in [0.25, 0.3) is 0 Å². The molecule has 0 fully saturated rings. The fourth-order valence-corrected chi connectivity index (χ4v) is 2.67. The van der Waals surface area contributed by atoms with E-state index >= 15 is 0 Å². The Balaban J connectivity index is 1.91. The minimum Gasteiger partial charge on any atom is -0.359 e. The molecule has 2 nitrogen and oxygen atoms in total. The number of aryl methyl sites for hydroxylation is 1. The Kier molecular flexibility index (Phi) is 3.38. The largest absolute Gasteiger partial charge is 0.359 e. The number of ketones is 1. The first-order chi connectivity index (χ1) is 9.75. The standard InChI is InChI=1S/C18H17NO/c1-13(19-15-8-3-2-4-9-15)16-12-11-14-7-5-6-10-17(14)18(16)20/h2-10,19H,11-12H2,1H3/b16-13+. The van der Waals surface area contributed by atoms with Crippen LogP contribution in [0.1, 0.15) is 29.3 Å². The summed E-state index contributed by atoms with van der Waals surface area (Å²) in [5, 5.41) is 3.33. The van der Waals surface area contributed by atoms with Crippen LogP contribution >= 0.6 is 0 Å². The topological polar surface area (TPSA) is 29.1 Å². The number of hydrogen-bond acceptors (Lipinski definition) is 2. The van der Waals surface area contributed by atoms with E-state index in [2.05, 4.69) is 5.32 Å². The van der Waals surface area contributed by atoms with Crippen LogP contribution in [-0.2, 0) is 6.42 Å². The van der Waals surface area contributed by atoms with Gasteiger partial charge in [0, 0.05) is 22.5 Å². The van der Waals surface area contributed by atoms with Gasteiger partial charge in [0.1, 0.15) is 0 Å². The number of allylic oxidation sites excluding steroid dienone is 2. The molecule has 0 saturated heterocycles. The minimum atomic E-state index is 0.160. The van der Waals surface area contributed by atoms with E-state index in [0.717, 1.165) is 40.9 Å². The molecule has 0 heterocycles. The van der Waals surface area contributed by atoms with Crippen molar-refractivity contribution >= 4 is 11.5 Å². The van der Waals surface area contributed by atoms with Crippen molar-refractivity contribution in [3.63, 3.8) is 0 Å². The van der Waals surface area contributed by atoms with Crippen molar-refractivity contribution in [2.24, 2.45) is 0 Å². The van der Waals surface area contributed by atoms with Crippen LogP contribution in [0.2, 0.25) is 0 Å². The van der Waals surface area contributed by atoms with E-state index in [9.17, 15) is 4.79 Å². The van der Waals surface area contributed by atoms with Gasteiger partial charge in [0.15, 0.2) is 5.78 Å². The van der Waals surface area contributed by atoms with Crippen LogP contribution in [0.4, 0.5) is 5.69 Å². The third kappa shape index (κ3) is 2.37. The van der Waals surface area contributed by atoms with E-state index in [0.29, 0.717) is 0 Å². The fraction of sp³-hybridized carbons (Fsp3) is 0.167. The second-order valence-electron chi connectivity index (χ2n) is 5.08. The normalized spacial score (nSPS) is 16.6. The highest BCUT2D eigenvalue weighted by molar-refractivity contribution is 6.11. The number of hydrogen-bond donors (Lipinski definition) is 1. The molecule has 0 atom stereocenters. The third-order valence-corrected chi connectivity index (χ3v) is 3.74. The second-order valence-corrected chi connectivity index (χ2v) is 5.08. The molecular weight excluding hydrogens is 246 g/mol. The molecule has 0 aromatic heterocycles. The molecule has 0 radical (unpaired) electrons. The van der Waals surface area contributed by atoms with Gasteiger partial charge in [-0.1, -0.05) is 42.5 Å². The molecule has 100 valence electrons. The summed E-state index contributed by atoms with van der Waals surface area (Å²) in [5.41, 5.74) is 4.88. The van der Waals surface area contributed by atoms with Crippen molar-refractivity contribution in [3.05, 3.63) is 77.0 Å². The van der Waals surface area contributed by atoms with Gasteiger partial charge in [-0.3, -0.25) is 4.79 Å². The average molecular weight is 263 g/mol. The highest BCUT2D eigenvalue weighted by Gasteiger charge is 2.23. The summed E-state index contributed by atoms with van der Waals surface area (Å²) in [6, 6.07) is 17.9. The van der Waals surface area contributed by atoms with Crippen LogP contribution in [-0.4, -0.2) is 5.78 Å². The van der Waals surface area contributed by atoms with Gasteiger partial charge in [-0.25, -0.2) is 0 Å². The van der Waals surface area contributed by atoms with Crippen LogP contribution in [0.3, 0.4) is 0 Å². The summed E-state index contributed by atoms with van der Waals surface area (Å²) in [4.78, 5) is 12.6. The molecule has 1 aliphatic rings. The summed E-state index contributed by atoms with van der Waals surface area (Å²) >= 11 is 0. The molecule has 20 heavy (non-hydrogen) atoms. The van der Waals surface area contributed by atoms with Crippen molar-refractivity contribution in [2.75, 3.05) is 5.32 Å². The number of nitrogens with one attached hydrogen (secondary N) is 1. The van der Waals surface area contributed by atoms with Gasteiger partial charge in [-0.2, -0.15) is 0 Å². The smallest absolute Gasteiger partial charge is 0.191 e. The number of benzene rings is 2. The molecular formula is C18H17NO. The molecule has 3 rings (SSSR count).